The molecule has 1 heterocycles. The smallest absolute Gasteiger partial charge is 0.278 e. The fourth-order valence-corrected chi connectivity index (χ4v) is 4.68. The molecule has 0 saturated heterocycles. The molecule has 0 saturated carbocycles. The lowest BCUT2D eigenvalue weighted by Crippen LogP contribution is -2.35. The Bertz CT molecular complexity index is 1420. The maximum absolute atomic E-state index is 13.2. The quantitative estimate of drug-likeness (QED) is 0.210. The molecule has 3 aromatic carbocycles. The molecule has 0 atom stereocenters. The van der Waals surface area contributed by atoms with Gasteiger partial charge in [0.05, 0.1) is 4.92 Å². The van der Waals surface area contributed by atoms with Crippen LogP contribution >= 0.6 is 11.8 Å². The minimum absolute atomic E-state index is 0.0969. The maximum atomic E-state index is 13.2. The Hall–Kier alpha value is -4.44. The third-order valence-electron chi connectivity index (χ3n) is 5.67. The van der Waals surface area contributed by atoms with Crippen LogP contribution in [-0.4, -0.2) is 34.1 Å². The summed E-state index contributed by atoms with van der Waals surface area (Å²) in [6.45, 7) is 6.18. The summed E-state index contributed by atoms with van der Waals surface area (Å²) in [7, 11) is 0. The van der Waals surface area contributed by atoms with E-state index in [9.17, 15) is 24.5 Å². The van der Waals surface area contributed by atoms with E-state index in [-0.39, 0.29) is 34.7 Å². The van der Waals surface area contributed by atoms with Gasteiger partial charge in [0.2, 0.25) is 0 Å². The molecule has 0 aromatic heterocycles. The molecule has 0 unspecified atom stereocenters. The van der Waals surface area contributed by atoms with Crippen LogP contribution < -0.4 is 10.6 Å². The minimum atomic E-state index is -0.528. The number of anilines is 2. The molecule has 3 aromatic rings. The van der Waals surface area contributed by atoms with Crippen LogP contribution in [0.4, 0.5) is 17.1 Å². The Morgan fingerprint density at radius 2 is 1.53 bits per heavy atom. The zero-order valence-corrected chi connectivity index (χ0v) is 21.9. The predicted molar refractivity (Wildman–Crippen MR) is 147 cm³/mol. The van der Waals surface area contributed by atoms with E-state index in [0.29, 0.717) is 27.7 Å². The summed E-state index contributed by atoms with van der Waals surface area (Å²) in [5.74, 6) is -1.00. The second kappa shape index (κ2) is 11.3. The third-order valence-corrected chi connectivity index (χ3v) is 6.76. The normalized spacial score (nSPS) is 13.3. The van der Waals surface area contributed by atoms with E-state index in [1.807, 2.05) is 45.0 Å². The highest BCUT2D eigenvalue weighted by atomic mass is 32.2. The van der Waals surface area contributed by atoms with Crippen LogP contribution in [0, 0.1) is 23.0 Å². The topological polar surface area (TPSA) is 122 Å². The van der Waals surface area contributed by atoms with Gasteiger partial charge in [-0.15, -0.1) is 0 Å². The Morgan fingerprint density at radius 1 is 0.921 bits per heavy atom. The van der Waals surface area contributed by atoms with Crippen molar-refractivity contribution in [2.75, 3.05) is 17.2 Å². The highest BCUT2D eigenvalue weighted by Crippen LogP contribution is 2.36. The monoisotopic (exact) mass is 530 g/mol. The number of amides is 3. The number of carbonyl (C=O) groups excluding carboxylic acids is 3. The molecular weight excluding hydrogens is 504 g/mol. The average Bonchev–Trinajstić information content (AvgIpc) is 3.10. The molecule has 0 bridgehead atoms. The van der Waals surface area contributed by atoms with Crippen molar-refractivity contribution in [2.45, 2.75) is 25.7 Å². The van der Waals surface area contributed by atoms with Gasteiger partial charge in [-0.05, 0) is 61.4 Å². The number of nitro groups is 1. The zero-order chi connectivity index (χ0) is 27.4. The van der Waals surface area contributed by atoms with Gasteiger partial charge in [-0.2, -0.15) is 0 Å². The molecule has 38 heavy (non-hydrogen) atoms. The Labute approximate surface area is 224 Å². The van der Waals surface area contributed by atoms with Crippen molar-refractivity contribution in [1.29, 1.82) is 0 Å². The van der Waals surface area contributed by atoms with Gasteiger partial charge in [-0.3, -0.25) is 29.4 Å². The first-order chi connectivity index (χ1) is 18.1. The van der Waals surface area contributed by atoms with Crippen molar-refractivity contribution in [3.05, 3.63) is 105 Å². The number of benzene rings is 3. The zero-order valence-electron chi connectivity index (χ0n) is 21.1. The molecule has 0 aliphatic carbocycles. The lowest BCUT2D eigenvalue weighted by atomic mass is 10.2. The van der Waals surface area contributed by atoms with E-state index in [0.717, 1.165) is 5.56 Å². The van der Waals surface area contributed by atoms with Crippen molar-refractivity contribution in [1.82, 2.24) is 4.90 Å². The summed E-state index contributed by atoms with van der Waals surface area (Å²) >= 11 is 1.18. The molecule has 3 amide bonds. The maximum Gasteiger partial charge on any atom is 0.278 e. The van der Waals surface area contributed by atoms with Crippen molar-refractivity contribution in [3.63, 3.8) is 0 Å². The van der Waals surface area contributed by atoms with Crippen LogP contribution in [0.2, 0.25) is 0 Å². The number of carbonyl (C=O) groups is 3. The average molecular weight is 531 g/mol. The molecule has 2 N–H and O–H groups in total. The summed E-state index contributed by atoms with van der Waals surface area (Å²) in [6.07, 6.45) is 0. The van der Waals surface area contributed by atoms with E-state index in [1.54, 1.807) is 24.3 Å². The third kappa shape index (κ3) is 6.09. The minimum Gasteiger partial charge on any atom is -0.350 e. The fourth-order valence-electron chi connectivity index (χ4n) is 3.73. The van der Waals surface area contributed by atoms with Crippen LogP contribution in [0.15, 0.2) is 88.3 Å². The standard InChI is InChI=1S/C28H26N4O5S/c1-17(2)16-31-27(34)24(29-20-8-4-18(3)5-9-20)25(28(31)35)38-23-14-10-21(11-15-23)30-26(33)19-6-12-22(13-7-19)32(36)37/h4-15,17,29H,16H2,1-3H3,(H,30,33). The molecule has 0 spiro atoms. The van der Waals surface area contributed by atoms with E-state index in [2.05, 4.69) is 10.6 Å². The predicted octanol–water partition coefficient (Wildman–Crippen LogP) is 5.60. The lowest BCUT2D eigenvalue weighted by Gasteiger charge is -2.17. The van der Waals surface area contributed by atoms with E-state index in [1.165, 1.54) is 40.9 Å². The van der Waals surface area contributed by atoms with Crippen molar-refractivity contribution in [3.8, 4) is 0 Å². The van der Waals surface area contributed by atoms with Gasteiger partial charge in [0.1, 0.15) is 10.6 Å². The number of aryl methyl sites for hydroxylation is 1. The molecule has 4 rings (SSSR count). The van der Waals surface area contributed by atoms with E-state index in [4.69, 9.17) is 0 Å². The number of thioether (sulfide) groups is 1. The van der Waals surface area contributed by atoms with Gasteiger partial charge in [-0.1, -0.05) is 43.3 Å². The van der Waals surface area contributed by atoms with Crippen molar-refractivity contribution in [2.24, 2.45) is 5.92 Å². The number of rotatable bonds is 9. The first-order valence-corrected chi connectivity index (χ1v) is 12.7. The van der Waals surface area contributed by atoms with Gasteiger partial charge in [-0.25, -0.2) is 0 Å². The van der Waals surface area contributed by atoms with Crippen LogP contribution in [0.1, 0.15) is 29.8 Å². The highest BCUT2D eigenvalue weighted by molar-refractivity contribution is 8.04. The van der Waals surface area contributed by atoms with Gasteiger partial charge in [0.25, 0.3) is 23.4 Å². The summed E-state index contributed by atoms with van der Waals surface area (Å²) in [5, 5.41) is 16.7. The largest absolute Gasteiger partial charge is 0.350 e. The van der Waals surface area contributed by atoms with Gasteiger partial charge >= 0.3 is 0 Å². The number of hydrogen-bond acceptors (Lipinski definition) is 7. The lowest BCUT2D eigenvalue weighted by molar-refractivity contribution is -0.384. The van der Waals surface area contributed by atoms with Crippen LogP contribution in [0.5, 0.6) is 0 Å². The van der Waals surface area contributed by atoms with Gasteiger partial charge < -0.3 is 10.6 Å². The molecule has 1 aliphatic heterocycles. The second-order valence-electron chi connectivity index (χ2n) is 9.19. The van der Waals surface area contributed by atoms with Gasteiger partial charge in [0.15, 0.2) is 0 Å². The summed E-state index contributed by atoms with van der Waals surface area (Å²) in [6, 6.07) is 19.7. The summed E-state index contributed by atoms with van der Waals surface area (Å²) < 4.78 is 0. The van der Waals surface area contributed by atoms with Crippen LogP contribution in [-0.2, 0) is 9.59 Å². The number of non-ortho nitro benzene ring substituents is 1. The Morgan fingerprint density at radius 3 is 2.11 bits per heavy atom. The van der Waals surface area contributed by atoms with Gasteiger partial charge in [0, 0.05) is 40.5 Å². The van der Waals surface area contributed by atoms with Crippen molar-refractivity contribution >= 4 is 46.5 Å². The molecule has 10 heteroatoms. The molecule has 0 fully saturated rings. The number of nitro benzene ring substituents is 1. The van der Waals surface area contributed by atoms with Crippen molar-refractivity contribution < 1.29 is 19.3 Å². The first-order valence-electron chi connectivity index (χ1n) is 11.9. The Balaban J connectivity index is 1.52. The number of hydrogen-bond donors (Lipinski definition) is 2. The van der Waals surface area contributed by atoms with Crippen LogP contribution in [0.25, 0.3) is 0 Å². The number of nitrogens with zero attached hydrogens (tertiary/aromatic N) is 2. The molecule has 0 radical (unpaired) electrons. The molecular formula is C28H26N4O5S. The van der Waals surface area contributed by atoms with Crippen LogP contribution in [0.3, 0.4) is 0 Å². The summed E-state index contributed by atoms with van der Waals surface area (Å²) in [4.78, 5) is 51.5. The molecule has 9 nitrogen and oxygen atoms in total. The molecule has 1 aliphatic rings. The molecule has 194 valence electrons. The van der Waals surface area contributed by atoms with E-state index < -0.39 is 10.8 Å². The number of imide groups is 1. The first kappa shape index (κ1) is 26.6. The second-order valence-corrected chi connectivity index (χ2v) is 10.3. The Kier molecular flexibility index (Phi) is 7.92. The summed E-state index contributed by atoms with van der Waals surface area (Å²) in [5.41, 5.74) is 2.72. The SMILES string of the molecule is Cc1ccc(NC2=C(Sc3ccc(NC(=O)c4ccc([N+](=O)[O-])cc4)cc3)C(=O)N(CC(C)C)C2=O)cc1. The van der Waals surface area contributed by atoms with E-state index >= 15 is 0 Å². The fraction of sp³-hybridized carbons (Fsp3) is 0.179. The number of nitrogens with one attached hydrogen (secondary N) is 2. The highest BCUT2D eigenvalue weighted by Gasteiger charge is 2.39.